The molecular formula is C15H21ClN2O2S. The fourth-order valence-electron chi connectivity index (χ4n) is 2.60. The first-order valence-electron chi connectivity index (χ1n) is 7.44. The van der Waals surface area contributed by atoms with Gasteiger partial charge >= 0.3 is 0 Å². The summed E-state index contributed by atoms with van der Waals surface area (Å²) in [5, 5.41) is 3.66. The van der Waals surface area contributed by atoms with E-state index in [-0.39, 0.29) is 15.5 Å². The minimum atomic E-state index is -3.56. The first kappa shape index (κ1) is 15.3. The monoisotopic (exact) mass is 328 g/mol. The maximum absolute atomic E-state index is 12.5. The van der Waals surface area contributed by atoms with Crippen molar-refractivity contribution in [2.75, 3.05) is 0 Å². The van der Waals surface area contributed by atoms with Crippen LogP contribution in [0.15, 0.2) is 23.1 Å². The third-order valence-electron chi connectivity index (χ3n) is 4.30. The molecule has 3 rings (SSSR count). The van der Waals surface area contributed by atoms with Gasteiger partial charge in [-0.05, 0) is 56.7 Å². The smallest absolute Gasteiger partial charge is 0.242 e. The molecular weight excluding hydrogens is 308 g/mol. The minimum Gasteiger partial charge on any atom is -0.310 e. The number of rotatable bonds is 6. The highest BCUT2D eigenvalue weighted by Crippen LogP contribution is 2.34. The van der Waals surface area contributed by atoms with Crippen LogP contribution < -0.4 is 10.0 Å². The molecule has 0 amide bonds. The normalized spacial score (nSPS) is 21.0. The van der Waals surface area contributed by atoms with Crippen molar-refractivity contribution >= 4 is 21.6 Å². The number of sulfonamides is 1. The van der Waals surface area contributed by atoms with Crippen LogP contribution in [-0.4, -0.2) is 20.0 Å². The fraction of sp³-hybridized carbons (Fsp3) is 0.600. The van der Waals surface area contributed by atoms with Gasteiger partial charge in [-0.3, -0.25) is 0 Å². The Morgan fingerprint density at radius 1 is 1.33 bits per heavy atom. The van der Waals surface area contributed by atoms with Gasteiger partial charge in [0.05, 0.1) is 5.02 Å². The Kier molecular flexibility index (Phi) is 4.03. The first-order chi connectivity index (χ1) is 9.88. The lowest BCUT2D eigenvalue weighted by molar-refractivity contribution is 0.248. The zero-order chi connectivity index (χ0) is 15.1. The third-order valence-corrected chi connectivity index (χ3v) is 6.42. The molecule has 21 heavy (non-hydrogen) atoms. The zero-order valence-corrected chi connectivity index (χ0v) is 13.7. The summed E-state index contributed by atoms with van der Waals surface area (Å²) in [6.07, 6.45) is 5.25. The summed E-state index contributed by atoms with van der Waals surface area (Å²) in [6, 6.07) is 5.82. The van der Waals surface area contributed by atoms with Crippen LogP contribution in [0.2, 0.25) is 5.02 Å². The lowest BCUT2D eigenvalue weighted by Crippen LogP contribution is -2.50. The molecule has 1 aromatic rings. The quantitative estimate of drug-likeness (QED) is 0.844. The zero-order valence-electron chi connectivity index (χ0n) is 12.2. The van der Waals surface area contributed by atoms with Crippen LogP contribution in [-0.2, 0) is 16.6 Å². The Morgan fingerprint density at radius 3 is 2.62 bits per heavy atom. The summed E-state index contributed by atoms with van der Waals surface area (Å²) < 4.78 is 27.9. The molecule has 6 heteroatoms. The van der Waals surface area contributed by atoms with Gasteiger partial charge in [0, 0.05) is 18.1 Å². The van der Waals surface area contributed by atoms with Crippen LogP contribution in [0.4, 0.5) is 0 Å². The highest BCUT2D eigenvalue weighted by molar-refractivity contribution is 7.89. The molecule has 0 atom stereocenters. The minimum absolute atomic E-state index is 0.187. The highest BCUT2D eigenvalue weighted by atomic mass is 35.5. The van der Waals surface area contributed by atoms with Crippen molar-refractivity contribution in [1.82, 2.24) is 10.0 Å². The molecule has 0 aliphatic heterocycles. The van der Waals surface area contributed by atoms with E-state index in [2.05, 4.69) is 10.0 Å². The van der Waals surface area contributed by atoms with E-state index in [1.807, 2.05) is 13.0 Å². The maximum atomic E-state index is 12.5. The second-order valence-corrected chi connectivity index (χ2v) is 8.50. The third kappa shape index (κ3) is 3.59. The standard InChI is InChI=1S/C15H21ClN2O2S/c1-15(7-2-8-15)18-21(19,20)14-9-11(3-6-13(14)16)10-17-12-4-5-12/h3,6,9,12,17-18H,2,4-5,7-8,10H2,1H3. The first-order valence-corrected chi connectivity index (χ1v) is 9.30. The molecule has 2 N–H and O–H groups in total. The molecule has 2 aliphatic rings. The van der Waals surface area contributed by atoms with Crippen molar-refractivity contribution in [1.29, 1.82) is 0 Å². The molecule has 2 fully saturated rings. The summed E-state index contributed by atoms with van der Waals surface area (Å²) in [4.78, 5) is 0.187. The summed E-state index contributed by atoms with van der Waals surface area (Å²) >= 11 is 6.11. The van der Waals surface area contributed by atoms with E-state index in [0.717, 1.165) is 24.8 Å². The summed E-state index contributed by atoms with van der Waals surface area (Å²) in [5.41, 5.74) is 0.634. The van der Waals surface area contributed by atoms with Crippen LogP contribution in [0.5, 0.6) is 0 Å². The predicted molar refractivity (Wildman–Crippen MR) is 83.9 cm³/mol. The van der Waals surface area contributed by atoms with Gasteiger partial charge in [-0.25, -0.2) is 13.1 Å². The molecule has 2 aliphatic carbocycles. The van der Waals surface area contributed by atoms with Gasteiger partial charge in [0.15, 0.2) is 0 Å². The van der Waals surface area contributed by atoms with Crippen LogP contribution in [0.1, 0.15) is 44.6 Å². The van der Waals surface area contributed by atoms with Gasteiger partial charge < -0.3 is 5.32 Å². The Morgan fingerprint density at radius 2 is 2.05 bits per heavy atom. The Hall–Kier alpha value is -0.620. The predicted octanol–water partition coefficient (Wildman–Crippen LogP) is 2.81. The van der Waals surface area contributed by atoms with Crippen molar-refractivity contribution in [3.8, 4) is 0 Å². The van der Waals surface area contributed by atoms with Crippen molar-refractivity contribution in [3.63, 3.8) is 0 Å². The number of hydrogen-bond donors (Lipinski definition) is 2. The van der Waals surface area contributed by atoms with Crippen LogP contribution in [0, 0.1) is 0 Å². The van der Waals surface area contributed by atoms with Crippen molar-refractivity contribution in [2.24, 2.45) is 0 Å². The number of halogens is 1. The molecule has 4 nitrogen and oxygen atoms in total. The molecule has 0 heterocycles. The summed E-state index contributed by atoms with van der Waals surface area (Å²) in [5.74, 6) is 0. The molecule has 2 saturated carbocycles. The number of hydrogen-bond acceptors (Lipinski definition) is 3. The van der Waals surface area contributed by atoms with E-state index >= 15 is 0 Å². The van der Waals surface area contributed by atoms with E-state index in [0.29, 0.717) is 12.6 Å². The Labute approximate surface area is 131 Å². The van der Waals surface area contributed by atoms with Gasteiger partial charge in [-0.1, -0.05) is 17.7 Å². The molecule has 116 valence electrons. The second-order valence-electron chi connectivity index (χ2n) is 6.44. The van der Waals surface area contributed by atoms with Gasteiger partial charge in [0.2, 0.25) is 10.0 Å². The van der Waals surface area contributed by atoms with Gasteiger partial charge in [-0.15, -0.1) is 0 Å². The van der Waals surface area contributed by atoms with Crippen molar-refractivity contribution in [2.45, 2.75) is 62.0 Å². The molecule has 0 saturated heterocycles. The van der Waals surface area contributed by atoms with Crippen molar-refractivity contribution in [3.05, 3.63) is 28.8 Å². The largest absolute Gasteiger partial charge is 0.310 e. The van der Waals surface area contributed by atoms with Gasteiger partial charge in [0.25, 0.3) is 0 Å². The lowest BCUT2D eigenvalue weighted by atomic mass is 9.80. The topological polar surface area (TPSA) is 58.2 Å². The Bertz CT molecular complexity index is 637. The lowest BCUT2D eigenvalue weighted by Gasteiger charge is -2.38. The SMILES string of the molecule is CC1(NS(=O)(=O)c2cc(CNC3CC3)ccc2Cl)CCC1. The number of nitrogens with one attached hydrogen (secondary N) is 2. The van der Waals surface area contributed by atoms with Crippen LogP contribution >= 0.6 is 11.6 Å². The van der Waals surface area contributed by atoms with E-state index in [4.69, 9.17) is 11.6 Å². The summed E-state index contributed by atoms with van der Waals surface area (Å²) in [6.45, 7) is 2.63. The van der Waals surface area contributed by atoms with Crippen LogP contribution in [0.25, 0.3) is 0 Å². The number of benzene rings is 1. The molecule has 0 radical (unpaired) electrons. The molecule has 1 aromatic carbocycles. The Balaban J connectivity index is 1.79. The van der Waals surface area contributed by atoms with Gasteiger partial charge in [0.1, 0.15) is 4.90 Å². The van der Waals surface area contributed by atoms with E-state index in [9.17, 15) is 8.42 Å². The maximum Gasteiger partial charge on any atom is 0.242 e. The second kappa shape index (κ2) is 5.54. The van der Waals surface area contributed by atoms with E-state index in [1.54, 1.807) is 12.1 Å². The highest BCUT2D eigenvalue weighted by Gasteiger charge is 2.36. The molecule has 0 spiro atoms. The summed E-state index contributed by atoms with van der Waals surface area (Å²) in [7, 11) is -3.56. The van der Waals surface area contributed by atoms with E-state index < -0.39 is 10.0 Å². The molecule has 0 bridgehead atoms. The molecule has 0 unspecified atom stereocenters. The van der Waals surface area contributed by atoms with Gasteiger partial charge in [-0.2, -0.15) is 0 Å². The fourth-order valence-corrected chi connectivity index (χ4v) is 4.62. The van der Waals surface area contributed by atoms with Crippen LogP contribution in [0.3, 0.4) is 0 Å². The van der Waals surface area contributed by atoms with E-state index in [1.165, 1.54) is 12.8 Å². The average Bonchev–Trinajstić information content (AvgIpc) is 3.19. The van der Waals surface area contributed by atoms with Crippen molar-refractivity contribution < 1.29 is 8.42 Å². The molecule has 0 aromatic heterocycles. The average molecular weight is 329 g/mol.